The second-order valence-corrected chi connectivity index (χ2v) is 9.27. The molecule has 0 aromatic heterocycles. The maximum absolute atomic E-state index is 12.9. The molecule has 0 atom stereocenters. The number of fused-ring (bicyclic) bond motifs is 1. The Morgan fingerprint density at radius 1 is 0.914 bits per heavy atom. The Hall–Kier alpha value is -3.94. The van der Waals surface area contributed by atoms with E-state index in [1.165, 1.54) is 12.1 Å². The van der Waals surface area contributed by atoms with Crippen molar-refractivity contribution in [3.63, 3.8) is 0 Å². The number of benzene rings is 4. The van der Waals surface area contributed by atoms with Crippen molar-refractivity contribution in [2.24, 2.45) is 10.2 Å². The van der Waals surface area contributed by atoms with Crippen LogP contribution >= 0.6 is 23.4 Å². The van der Waals surface area contributed by atoms with Crippen LogP contribution in [0.5, 0.6) is 5.75 Å². The van der Waals surface area contributed by atoms with E-state index in [0.29, 0.717) is 16.3 Å². The molecule has 0 saturated carbocycles. The summed E-state index contributed by atoms with van der Waals surface area (Å²) in [4.78, 5) is 26.8. The van der Waals surface area contributed by atoms with Crippen molar-refractivity contribution in [3.05, 3.63) is 106 Å². The van der Waals surface area contributed by atoms with Gasteiger partial charge in [0.15, 0.2) is 0 Å². The molecule has 1 N–H and O–H groups in total. The number of azo groups is 1. The Bertz CT molecular complexity index is 1530. The quantitative estimate of drug-likeness (QED) is 0.224. The Morgan fingerprint density at radius 2 is 1.71 bits per heavy atom. The van der Waals surface area contributed by atoms with Crippen LogP contribution in [0.4, 0.5) is 16.2 Å². The molecule has 0 unspecified atom stereocenters. The number of phenols is 1. The zero-order chi connectivity index (χ0) is 24.4. The number of halogens is 1. The van der Waals surface area contributed by atoms with Gasteiger partial charge >= 0.3 is 0 Å². The van der Waals surface area contributed by atoms with E-state index >= 15 is 0 Å². The molecule has 6 nitrogen and oxygen atoms in total. The van der Waals surface area contributed by atoms with Crippen LogP contribution < -0.4 is 0 Å². The van der Waals surface area contributed by atoms with Gasteiger partial charge in [-0.25, -0.2) is 0 Å². The number of nitrogens with zero attached hydrogens (tertiary/aromatic N) is 3. The van der Waals surface area contributed by atoms with Crippen molar-refractivity contribution in [2.75, 3.05) is 0 Å². The summed E-state index contributed by atoms with van der Waals surface area (Å²) in [6.07, 6.45) is 1.50. The summed E-state index contributed by atoms with van der Waals surface area (Å²) in [5, 5.41) is 21.2. The molecule has 0 radical (unpaired) electrons. The van der Waals surface area contributed by atoms with E-state index < -0.39 is 5.91 Å². The summed E-state index contributed by atoms with van der Waals surface area (Å²) >= 11 is 6.84. The van der Waals surface area contributed by atoms with Gasteiger partial charge in [-0.15, -0.1) is 5.11 Å². The van der Waals surface area contributed by atoms with E-state index in [0.717, 1.165) is 38.7 Å². The van der Waals surface area contributed by atoms with Gasteiger partial charge < -0.3 is 5.11 Å². The number of carbonyl (C=O) groups is 2. The van der Waals surface area contributed by atoms with Gasteiger partial charge in [-0.2, -0.15) is 5.11 Å². The molecular weight excluding hydrogens is 482 g/mol. The van der Waals surface area contributed by atoms with Crippen molar-refractivity contribution in [1.82, 2.24) is 4.90 Å². The van der Waals surface area contributed by atoms with Crippen molar-refractivity contribution in [3.8, 4) is 5.75 Å². The minimum atomic E-state index is -0.429. The lowest BCUT2D eigenvalue weighted by Gasteiger charge is -2.12. The van der Waals surface area contributed by atoms with Crippen LogP contribution in [0.15, 0.2) is 100 Å². The van der Waals surface area contributed by atoms with Gasteiger partial charge in [-0.05, 0) is 65.2 Å². The number of carbonyl (C=O) groups excluding carboxylic acids is 2. The van der Waals surface area contributed by atoms with Gasteiger partial charge in [0.2, 0.25) is 0 Å². The monoisotopic (exact) mass is 499 g/mol. The predicted molar refractivity (Wildman–Crippen MR) is 139 cm³/mol. The Labute approximate surface area is 210 Å². The number of amides is 2. The highest BCUT2D eigenvalue weighted by atomic mass is 35.5. The molecule has 4 aromatic carbocycles. The number of imide groups is 1. The van der Waals surface area contributed by atoms with Gasteiger partial charge in [0.1, 0.15) is 5.75 Å². The van der Waals surface area contributed by atoms with E-state index in [1.807, 2.05) is 42.5 Å². The molecule has 1 aliphatic heterocycles. The summed E-state index contributed by atoms with van der Waals surface area (Å²) in [6, 6.07) is 25.4. The van der Waals surface area contributed by atoms with Crippen LogP contribution in [0.2, 0.25) is 5.02 Å². The van der Waals surface area contributed by atoms with E-state index in [9.17, 15) is 14.7 Å². The molecule has 1 fully saturated rings. The number of hydrogen-bond donors (Lipinski definition) is 1. The van der Waals surface area contributed by atoms with Crippen LogP contribution in [-0.4, -0.2) is 21.2 Å². The number of aromatic hydroxyl groups is 1. The largest absolute Gasteiger partial charge is 0.507 e. The van der Waals surface area contributed by atoms with E-state index in [2.05, 4.69) is 10.2 Å². The van der Waals surface area contributed by atoms with Crippen LogP contribution in [-0.2, 0) is 11.3 Å². The SMILES string of the molecule is O=C1S/C(=C\c2cc(N=Nc3cccc4ccccc34)ccc2O)C(=O)N1Cc1cccc(Cl)c1. The number of thioether (sulfide) groups is 1. The standard InChI is InChI=1S/C27H18ClN3O3S/c28-20-8-3-5-17(13-20)16-31-26(33)25(35-27(31)34)15-19-14-21(11-12-24(19)32)29-30-23-10-4-7-18-6-1-2-9-22(18)23/h1-15,32H,16H2/b25-15-,30-29?. The highest BCUT2D eigenvalue weighted by Gasteiger charge is 2.35. The van der Waals surface area contributed by atoms with E-state index in [-0.39, 0.29) is 22.4 Å². The fourth-order valence-electron chi connectivity index (χ4n) is 3.72. The first kappa shape index (κ1) is 22.8. The fraction of sp³-hybridized carbons (Fsp3) is 0.0370. The van der Waals surface area contributed by atoms with Gasteiger partial charge in [-0.3, -0.25) is 14.5 Å². The van der Waals surface area contributed by atoms with Gasteiger partial charge in [0.25, 0.3) is 11.1 Å². The third-order valence-corrected chi connectivity index (χ3v) is 6.58. The fourth-order valence-corrected chi connectivity index (χ4v) is 4.76. The van der Waals surface area contributed by atoms with Gasteiger partial charge in [-0.1, -0.05) is 60.1 Å². The number of hydrogen-bond acceptors (Lipinski definition) is 6. The Balaban J connectivity index is 1.40. The molecule has 0 spiro atoms. The molecule has 1 saturated heterocycles. The molecule has 4 aromatic rings. The minimum absolute atomic E-state index is 0.0317. The first-order chi connectivity index (χ1) is 17.0. The zero-order valence-corrected chi connectivity index (χ0v) is 19.8. The minimum Gasteiger partial charge on any atom is -0.507 e. The first-order valence-corrected chi connectivity index (χ1v) is 11.9. The average molecular weight is 500 g/mol. The molecule has 1 heterocycles. The lowest BCUT2D eigenvalue weighted by molar-refractivity contribution is -0.123. The molecule has 1 aliphatic rings. The van der Waals surface area contributed by atoms with Crippen LogP contribution in [0.1, 0.15) is 11.1 Å². The van der Waals surface area contributed by atoms with Crippen molar-refractivity contribution < 1.29 is 14.7 Å². The summed E-state index contributed by atoms with van der Waals surface area (Å²) in [5.41, 5.74) is 2.34. The second kappa shape index (κ2) is 9.74. The van der Waals surface area contributed by atoms with Gasteiger partial charge in [0, 0.05) is 16.0 Å². The highest BCUT2D eigenvalue weighted by Crippen LogP contribution is 2.36. The molecule has 0 bridgehead atoms. The molecular formula is C27H18ClN3O3S. The zero-order valence-electron chi connectivity index (χ0n) is 18.3. The maximum Gasteiger partial charge on any atom is 0.293 e. The lowest BCUT2D eigenvalue weighted by atomic mass is 10.1. The third-order valence-electron chi connectivity index (χ3n) is 5.44. The van der Waals surface area contributed by atoms with Crippen molar-refractivity contribution >= 4 is 62.7 Å². The van der Waals surface area contributed by atoms with Crippen LogP contribution in [0.3, 0.4) is 0 Å². The van der Waals surface area contributed by atoms with E-state index in [1.54, 1.807) is 36.4 Å². The predicted octanol–water partition coefficient (Wildman–Crippen LogP) is 7.85. The van der Waals surface area contributed by atoms with Gasteiger partial charge in [0.05, 0.1) is 22.8 Å². The number of rotatable bonds is 5. The first-order valence-electron chi connectivity index (χ1n) is 10.7. The van der Waals surface area contributed by atoms with Crippen LogP contribution in [0.25, 0.3) is 16.8 Å². The second-order valence-electron chi connectivity index (χ2n) is 7.84. The van der Waals surface area contributed by atoms with Crippen molar-refractivity contribution in [2.45, 2.75) is 6.54 Å². The summed E-state index contributed by atoms with van der Waals surface area (Å²) < 4.78 is 0. The Kier molecular flexibility index (Phi) is 6.35. The molecule has 2 amide bonds. The average Bonchev–Trinajstić information content (AvgIpc) is 3.12. The summed E-state index contributed by atoms with van der Waals surface area (Å²) in [5.74, 6) is -0.460. The smallest absolute Gasteiger partial charge is 0.293 e. The number of phenolic OH excluding ortho intramolecular Hbond substituents is 1. The molecule has 5 rings (SSSR count). The molecule has 0 aliphatic carbocycles. The lowest BCUT2D eigenvalue weighted by Crippen LogP contribution is -2.27. The summed E-state index contributed by atoms with van der Waals surface area (Å²) in [7, 11) is 0. The third kappa shape index (κ3) is 4.96. The van der Waals surface area contributed by atoms with E-state index in [4.69, 9.17) is 11.6 Å². The normalized spacial score (nSPS) is 15.1. The molecule has 35 heavy (non-hydrogen) atoms. The topological polar surface area (TPSA) is 82.3 Å². The molecule has 172 valence electrons. The maximum atomic E-state index is 12.9. The molecule has 8 heteroatoms. The Morgan fingerprint density at radius 3 is 2.57 bits per heavy atom. The summed E-state index contributed by atoms with van der Waals surface area (Å²) in [6.45, 7) is 0.119. The van der Waals surface area contributed by atoms with Crippen LogP contribution in [0, 0.1) is 0 Å². The highest BCUT2D eigenvalue weighted by molar-refractivity contribution is 8.18. The van der Waals surface area contributed by atoms with Crippen molar-refractivity contribution in [1.29, 1.82) is 0 Å².